The van der Waals surface area contributed by atoms with E-state index in [0.717, 1.165) is 16.8 Å². The Morgan fingerprint density at radius 1 is 1.16 bits per heavy atom. The lowest BCUT2D eigenvalue weighted by atomic mass is 9.88. The normalized spacial score (nSPS) is 13.7. The number of phenols is 2. The number of aromatic hydroxyl groups is 2. The standard InChI is InChI=1S/C15H16N4O6/c1-19(2,25)7-3-6-17-13-12(16-18(17)24)14(22)10-8(20)4-5-9(21)11(10)15(13)23/h4-5,20-21H,3,6-7H2,1-2H3. The number of hydrogen-bond acceptors (Lipinski definition) is 7. The molecule has 0 radical (unpaired) electrons. The van der Waals surface area contributed by atoms with Crippen LogP contribution in [0.15, 0.2) is 12.1 Å². The van der Waals surface area contributed by atoms with Crippen LogP contribution in [0.1, 0.15) is 38.5 Å². The molecule has 0 amide bonds. The van der Waals surface area contributed by atoms with E-state index in [1.807, 2.05) is 0 Å². The van der Waals surface area contributed by atoms with Gasteiger partial charge in [-0.05, 0) is 12.1 Å². The summed E-state index contributed by atoms with van der Waals surface area (Å²) in [6.07, 6.45) is 0.280. The zero-order valence-electron chi connectivity index (χ0n) is 13.6. The summed E-state index contributed by atoms with van der Waals surface area (Å²) in [5.74, 6) is -2.55. The number of rotatable bonds is 4. The number of nitrogens with zero attached hydrogens (tertiary/aromatic N) is 4. The van der Waals surface area contributed by atoms with Gasteiger partial charge in [0.25, 0.3) is 0 Å². The fourth-order valence-electron chi connectivity index (χ4n) is 2.85. The van der Waals surface area contributed by atoms with E-state index >= 15 is 0 Å². The highest BCUT2D eigenvalue weighted by Crippen LogP contribution is 2.36. The van der Waals surface area contributed by atoms with Gasteiger partial charge in [-0.25, -0.2) is 0 Å². The minimum Gasteiger partial charge on any atom is -0.633 e. The van der Waals surface area contributed by atoms with E-state index in [4.69, 9.17) is 0 Å². The van der Waals surface area contributed by atoms with Crippen LogP contribution < -0.4 is 4.96 Å². The third-order valence-corrected chi connectivity index (χ3v) is 3.99. The molecule has 1 aliphatic carbocycles. The lowest BCUT2D eigenvalue weighted by Crippen LogP contribution is -2.42. The van der Waals surface area contributed by atoms with Gasteiger partial charge in [-0.1, -0.05) is 0 Å². The number of aromatic nitrogens is 3. The lowest BCUT2D eigenvalue weighted by Gasteiger charge is -2.33. The second-order valence-electron chi connectivity index (χ2n) is 6.34. The number of hydrogen-bond donors (Lipinski definition) is 2. The van der Waals surface area contributed by atoms with Gasteiger partial charge in [-0.2, -0.15) is 0 Å². The molecule has 0 spiro atoms. The smallest absolute Gasteiger partial charge is 0.224 e. The molecule has 0 saturated carbocycles. The van der Waals surface area contributed by atoms with Crippen LogP contribution in [0.4, 0.5) is 0 Å². The minimum absolute atomic E-state index is 0.00366. The minimum atomic E-state index is -0.818. The molecule has 2 aromatic rings. The van der Waals surface area contributed by atoms with Crippen LogP contribution in [0.2, 0.25) is 0 Å². The van der Waals surface area contributed by atoms with Crippen molar-refractivity contribution in [2.75, 3.05) is 20.6 Å². The molecule has 2 N–H and O–H groups in total. The average Bonchev–Trinajstić information content (AvgIpc) is 2.83. The van der Waals surface area contributed by atoms with Crippen molar-refractivity contribution in [3.63, 3.8) is 0 Å². The second kappa shape index (κ2) is 5.53. The zero-order chi connectivity index (χ0) is 18.5. The van der Waals surface area contributed by atoms with Crippen LogP contribution in [-0.4, -0.2) is 56.8 Å². The summed E-state index contributed by atoms with van der Waals surface area (Å²) in [5.41, 5.74) is -1.38. The van der Waals surface area contributed by atoms with Gasteiger partial charge in [-0.3, -0.25) is 9.59 Å². The molecule has 1 aliphatic rings. The topological polar surface area (TPSA) is 142 Å². The maximum absolute atomic E-state index is 12.7. The van der Waals surface area contributed by atoms with Gasteiger partial charge < -0.3 is 25.3 Å². The lowest BCUT2D eigenvalue weighted by molar-refractivity contribution is -0.840. The summed E-state index contributed by atoms with van der Waals surface area (Å²) in [6.45, 7) is 0.196. The first kappa shape index (κ1) is 16.9. The van der Waals surface area contributed by atoms with Crippen LogP contribution in [0.25, 0.3) is 0 Å². The van der Waals surface area contributed by atoms with E-state index in [9.17, 15) is 30.2 Å². The van der Waals surface area contributed by atoms with Gasteiger partial charge in [0, 0.05) is 16.5 Å². The SMILES string of the molecule is C[N+](C)([O-])CCCn1c2c(n[n+]1[O-])C(=O)c1c(O)ccc(O)c1C2=O. The molecule has 1 heterocycles. The number of ketones is 2. The maximum Gasteiger partial charge on any atom is 0.224 e. The molecule has 0 atom stereocenters. The van der Waals surface area contributed by atoms with E-state index in [-0.39, 0.29) is 47.0 Å². The molecule has 0 saturated heterocycles. The molecule has 0 fully saturated rings. The Hall–Kier alpha value is -2.98. The van der Waals surface area contributed by atoms with Gasteiger partial charge in [0.1, 0.15) is 11.5 Å². The van der Waals surface area contributed by atoms with Crippen LogP contribution >= 0.6 is 0 Å². The van der Waals surface area contributed by atoms with Gasteiger partial charge in [-0.15, -0.1) is 4.68 Å². The molecule has 10 nitrogen and oxygen atoms in total. The van der Waals surface area contributed by atoms with Crippen molar-refractivity contribution < 1.29 is 29.4 Å². The van der Waals surface area contributed by atoms with Crippen molar-refractivity contribution in [1.29, 1.82) is 0 Å². The average molecular weight is 348 g/mol. The van der Waals surface area contributed by atoms with Crippen LogP contribution in [0.3, 0.4) is 0 Å². The highest BCUT2D eigenvalue weighted by atomic mass is 16.5. The van der Waals surface area contributed by atoms with Crippen molar-refractivity contribution in [2.45, 2.75) is 13.0 Å². The van der Waals surface area contributed by atoms with Gasteiger partial charge in [0.05, 0.1) is 38.3 Å². The predicted molar refractivity (Wildman–Crippen MR) is 82.8 cm³/mol. The van der Waals surface area contributed by atoms with E-state index in [2.05, 4.69) is 5.10 Å². The van der Waals surface area contributed by atoms with Crippen molar-refractivity contribution in [3.8, 4) is 11.5 Å². The number of benzene rings is 1. The van der Waals surface area contributed by atoms with Gasteiger partial charge in [0.2, 0.25) is 17.3 Å². The Bertz CT molecular complexity index is 896. The van der Waals surface area contributed by atoms with Crippen LogP contribution in [0, 0.1) is 10.4 Å². The molecular weight excluding hydrogens is 332 g/mol. The number of quaternary nitrogens is 1. The Labute approximate surface area is 141 Å². The van der Waals surface area contributed by atoms with E-state index in [0.29, 0.717) is 0 Å². The van der Waals surface area contributed by atoms with E-state index < -0.39 is 27.7 Å². The summed E-state index contributed by atoms with van der Waals surface area (Å²) in [4.78, 5) is 25.4. The van der Waals surface area contributed by atoms with Crippen LogP contribution in [-0.2, 0) is 6.54 Å². The van der Waals surface area contributed by atoms with Crippen molar-refractivity contribution in [3.05, 3.63) is 45.1 Å². The Morgan fingerprint density at radius 2 is 1.72 bits per heavy atom. The van der Waals surface area contributed by atoms with E-state index in [1.165, 1.54) is 14.1 Å². The summed E-state index contributed by atoms with van der Waals surface area (Å²) in [7, 11) is 2.89. The molecule has 1 aromatic heterocycles. The summed E-state index contributed by atoms with van der Waals surface area (Å²) < 4.78 is 0.387. The number of phenolic OH excluding ortho intramolecular Hbond substituents is 2. The molecule has 0 aliphatic heterocycles. The maximum atomic E-state index is 12.7. The zero-order valence-corrected chi connectivity index (χ0v) is 13.6. The molecule has 132 valence electrons. The first-order valence-electron chi connectivity index (χ1n) is 7.51. The molecule has 10 heteroatoms. The highest BCUT2D eigenvalue weighted by molar-refractivity contribution is 6.28. The monoisotopic (exact) mass is 348 g/mol. The predicted octanol–water partition coefficient (Wildman–Crippen LogP) is -0.333. The molecule has 0 unspecified atom stereocenters. The van der Waals surface area contributed by atoms with Gasteiger partial charge >= 0.3 is 0 Å². The van der Waals surface area contributed by atoms with Crippen LogP contribution in [0.5, 0.6) is 11.5 Å². The third kappa shape index (κ3) is 2.71. The number of hydroxylamine groups is 3. The molecular formula is C15H16N4O6. The number of carbonyl (C=O) groups excluding carboxylic acids is 2. The molecule has 0 bridgehead atoms. The molecule has 1 aromatic carbocycles. The fraction of sp³-hybridized carbons (Fsp3) is 0.333. The quantitative estimate of drug-likeness (QED) is 0.216. The first-order chi connectivity index (χ1) is 11.6. The number of carbonyl (C=O) groups is 2. The van der Waals surface area contributed by atoms with Gasteiger partial charge in [0.15, 0.2) is 5.69 Å². The summed E-state index contributed by atoms with van der Waals surface area (Å²) in [6, 6.07) is 2.18. The summed E-state index contributed by atoms with van der Waals surface area (Å²) in [5, 5.41) is 47.0. The highest BCUT2D eigenvalue weighted by Gasteiger charge is 2.42. The Balaban J connectivity index is 2.07. The first-order valence-corrected chi connectivity index (χ1v) is 7.51. The fourth-order valence-corrected chi connectivity index (χ4v) is 2.85. The summed E-state index contributed by atoms with van der Waals surface area (Å²) >= 11 is 0. The largest absolute Gasteiger partial charge is 0.633 e. The molecule has 25 heavy (non-hydrogen) atoms. The van der Waals surface area contributed by atoms with E-state index in [1.54, 1.807) is 0 Å². The third-order valence-electron chi connectivity index (χ3n) is 3.99. The Morgan fingerprint density at radius 3 is 2.28 bits per heavy atom. The van der Waals surface area contributed by atoms with Crippen molar-refractivity contribution >= 4 is 11.6 Å². The van der Waals surface area contributed by atoms with Crippen molar-refractivity contribution in [1.82, 2.24) is 9.78 Å². The molecule has 3 rings (SSSR count). The van der Waals surface area contributed by atoms with Crippen molar-refractivity contribution in [2.24, 2.45) is 0 Å². The second-order valence-corrected chi connectivity index (χ2v) is 6.34. The number of fused-ring (bicyclic) bond motifs is 2. The Kier molecular flexibility index (Phi) is 3.73.